The lowest BCUT2D eigenvalue weighted by molar-refractivity contribution is -0.00663. The Morgan fingerprint density at radius 1 is 1.23 bits per heavy atom. The fourth-order valence-electron chi connectivity index (χ4n) is 1.97. The molecule has 2 saturated heterocycles. The lowest BCUT2D eigenvalue weighted by Gasteiger charge is -2.37. The number of likely N-dealkylation sites (tertiary alicyclic amines) is 1. The van der Waals surface area contributed by atoms with Crippen LogP contribution in [0.25, 0.3) is 0 Å². The Bertz CT molecular complexity index is 159. The third-order valence-electron chi connectivity index (χ3n) is 3.16. The van der Waals surface area contributed by atoms with Gasteiger partial charge in [-0.15, -0.1) is 0 Å². The molecule has 3 nitrogen and oxygen atoms in total. The lowest BCUT2D eigenvalue weighted by atomic mass is 10.2. The summed E-state index contributed by atoms with van der Waals surface area (Å²) in [5.74, 6) is 0. The second kappa shape index (κ2) is 4.40. The second-order valence-electron chi connectivity index (χ2n) is 4.16. The van der Waals surface area contributed by atoms with Crippen LogP contribution in [-0.4, -0.2) is 61.8 Å². The third kappa shape index (κ3) is 2.42. The Morgan fingerprint density at radius 3 is 2.69 bits per heavy atom. The van der Waals surface area contributed by atoms with Gasteiger partial charge in [-0.25, -0.2) is 0 Å². The van der Waals surface area contributed by atoms with Crippen LogP contribution in [0.1, 0.15) is 13.3 Å². The Kier molecular flexibility index (Phi) is 3.19. The molecule has 2 aliphatic heterocycles. The van der Waals surface area contributed by atoms with E-state index in [2.05, 4.69) is 16.7 Å². The van der Waals surface area contributed by atoms with Gasteiger partial charge in [0.2, 0.25) is 0 Å². The molecular formula is C10H20N2O. The van der Waals surface area contributed by atoms with E-state index in [9.17, 15) is 0 Å². The van der Waals surface area contributed by atoms with Gasteiger partial charge in [0.25, 0.3) is 0 Å². The highest BCUT2D eigenvalue weighted by molar-refractivity contribution is 4.75. The summed E-state index contributed by atoms with van der Waals surface area (Å²) in [6.45, 7) is 10.3. The monoisotopic (exact) mass is 184 g/mol. The van der Waals surface area contributed by atoms with Crippen molar-refractivity contribution in [2.45, 2.75) is 19.4 Å². The topological polar surface area (TPSA) is 15.7 Å². The van der Waals surface area contributed by atoms with Gasteiger partial charge in [-0.3, -0.25) is 4.90 Å². The minimum absolute atomic E-state index is 0.620. The molecule has 0 saturated carbocycles. The van der Waals surface area contributed by atoms with Crippen molar-refractivity contribution < 1.29 is 4.74 Å². The van der Waals surface area contributed by atoms with Crippen LogP contribution in [-0.2, 0) is 4.74 Å². The molecule has 0 radical (unpaired) electrons. The molecule has 2 aliphatic rings. The largest absolute Gasteiger partial charge is 0.379 e. The first kappa shape index (κ1) is 9.44. The predicted octanol–water partition coefficient (Wildman–Crippen LogP) is 0.413. The summed E-state index contributed by atoms with van der Waals surface area (Å²) in [7, 11) is 0. The number of nitrogens with zero attached hydrogens (tertiary/aromatic N) is 2. The Hall–Kier alpha value is -0.120. The summed E-state index contributed by atoms with van der Waals surface area (Å²) < 4.78 is 5.40. The Morgan fingerprint density at radius 2 is 2.08 bits per heavy atom. The van der Waals surface area contributed by atoms with Gasteiger partial charge in [0.15, 0.2) is 0 Å². The molecule has 0 spiro atoms. The maximum atomic E-state index is 5.40. The summed E-state index contributed by atoms with van der Waals surface area (Å²) in [5.41, 5.74) is 0. The number of hydrogen-bond acceptors (Lipinski definition) is 3. The first-order valence-electron chi connectivity index (χ1n) is 5.40. The van der Waals surface area contributed by atoms with Crippen LogP contribution in [0.3, 0.4) is 0 Å². The molecule has 0 N–H and O–H groups in total. The van der Waals surface area contributed by atoms with Crippen molar-refractivity contribution in [3.63, 3.8) is 0 Å². The molecule has 0 aromatic carbocycles. The van der Waals surface area contributed by atoms with Crippen molar-refractivity contribution in [1.29, 1.82) is 0 Å². The first-order chi connectivity index (χ1) is 6.36. The maximum absolute atomic E-state index is 5.40. The lowest BCUT2D eigenvalue weighted by Crippen LogP contribution is -2.49. The van der Waals surface area contributed by atoms with E-state index in [0.29, 0.717) is 6.04 Å². The number of ether oxygens (including phenoxy) is 1. The van der Waals surface area contributed by atoms with Crippen molar-refractivity contribution in [2.24, 2.45) is 0 Å². The molecule has 0 aromatic heterocycles. The zero-order valence-electron chi connectivity index (χ0n) is 8.54. The quantitative estimate of drug-likeness (QED) is 0.632. The molecule has 76 valence electrons. The van der Waals surface area contributed by atoms with Gasteiger partial charge in [-0.05, 0) is 26.4 Å². The standard InChI is InChI=1S/C10H20N2O/c1-10-9-13-8-7-12(10)6-5-11-3-2-4-11/h10H,2-9H2,1H3. The molecule has 0 bridgehead atoms. The molecule has 0 amide bonds. The number of rotatable bonds is 3. The van der Waals surface area contributed by atoms with E-state index < -0.39 is 0 Å². The Labute approximate surface area is 80.6 Å². The van der Waals surface area contributed by atoms with E-state index >= 15 is 0 Å². The summed E-state index contributed by atoms with van der Waals surface area (Å²) in [6.07, 6.45) is 1.40. The highest BCUT2D eigenvalue weighted by atomic mass is 16.5. The van der Waals surface area contributed by atoms with Crippen LogP contribution in [0.15, 0.2) is 0 Å². The fourth-order valence-corrected chi connectivity index (χ4v) is 1.97. The zero-order chi connectivity index (χ0) is 9.10. The third-order valence-corrected chi connectivity index (χ3v) is 3.16. The zero-order valence-corrected chi connectivity index (χ0v) is 8.54. The second-order valence-corrected chi connectivity index (χ2v) is 4.16. The van der Waals surface area contributed by atoms with Crippen LogP contribution in [0, 0.1) is 0 Å². The molecule has 2 heterocycles. The van der Waals surface area contributed by atoms with Gasteiger partial charge in [0.1, 0.15) is 0 Å². The van der Waals surface area contributed by atoms with Gasteiger partial charge >= 0.3 is 0 Å². The normalized spacial score (nSPS) is 31.6. The number of hydrogen-bond donors (Lipinski definition) is 0. The predicted molar refractivity (Wildman–Crippen MR) is 52.9 cm³/mol. The summed E-state index contributed by atoms with van der Waals surface area (Å²) in [4.78, 5) is 5.07. The Balaban J connectivity index is 1.66. The highest BCUT2D eigenvalue weighted by Gasteiger charge is 2.20. The van der Waals surface area contributed by atoms with Gasteiger partial charge in [-0.2, -0.15) is 0 Å². The van der Waals surface area contributed by atoms with E-state index in [1.807, 2.05) is 0 Å². The van der Waals surface area contributed by atoms with E-state index in [-0.39, 0.29) is 0 Å². The molecular weight excluding hydrogens is 164 g/mol. The summed E-state index contributed by atoms with van der Waals surface area (Å²) in [5, 5.41) is 0. The van der Waals surface area contributed by atoms with Crippen LogP contribution in [0.5, 0.6) is 0 Å². The van der Waals surface area contributed by atoms with Gasteiger partial charge in [0, 0.05) is 25.7 Å². The highest BCUT2D eigenvalue weighted by Crippen LogP contribution is 2.08. The summed E-state index contributed by atoms with van der Waals surface area (Å²) in [6, 6.07) is 0.620. The van der Waals surface area contributed by atoms with Crippen molar-refractivity contribution in [3.05, 3.63) is 0 Å². The van der Waals surface area contributed by atoms with Crippen molar-refractivity contribution in [1.82, 2.24) is 9.80 Å². The fraction of sp³-hybridized carbons (Fsp3) is 1.00. The molecule has 2 rings (SSSR count). The average molecular weight is 184 g/mol. The van der Waals surface area contributed by atoms with Crippen molar-refractivity contribution in [2.75, 3.05) is 45.9 Å². The molecule has 1 unspecified atom stereocenters. The van der Waals surface area contributed by atoms with E-state index in [4.69, 9.17) is 4.74 Å². The minimum atomic E-state index is 0.620. The van der Waals surface area contributed by atoms with Crippen LogP contribution in [0.4, 0.5) is 0 Å². The minimum Gasteiger partial charge on any atom is -0.379 e. The first-order valence-corrected chi connectivity index (χ1v) is 5.40. The van der Waals surface area contributed by atoms with Gasteiger partial charge in [-0.1, -0.05) is 0 Å². The van der Waals surface area contributed by atoms with Gasteiger partial charge < -0.3 is 9.64 Å². The molecule has 0 aliphatic carbocycles. The van der Waals surface area contributed by atoms with Crippen LogP contribution < -0.4 is 0 Å². The smallest absolute Gasteiger partial charge is 0.0619 e. The van der Waals surface area contributed by atoms with E-state index in [1.165, 1.54) is 32.6 Å². The van der Waals surface area contributed by atoms with E-state index in [1.54, 1.807) is 0 Å². The maximum Gasteiger partial charge on any atom is 0.0619 e. The molecule has 13 heavy (non-hydrogen) atoms. The number of morpholine rings is 1. The van der Waals surface area contributed by atoms with Crippen LogP contribution >= 0.6 is 0 Å². The van der Waals surface area contributed by atoms with Crippen molar-refractivity contribution in [3.8, 4) is 0 Å². The van der Waals surface area contributed by atoms with E-state index in [0.717, 1.165) is 19.8 Å². The average Bonchev–Trinajstić information content (AvgIpc) is 2.05. The van der Waals surface area contributed by atoms with Gasteiger partial charge in [0.05, 0.1) is 13.2 Å². The molecule has 2 fully saturated rings. The molecule has 3 heteroatoms. The molecule has 1 atom stereocenters. The van der Waals surface area contributed by atoms with Crippen LogP contribution in [0.2, 0.25) is 0 Å². The SMILES string of the molecule is CC1COCCN1CCN1CCC1. The van der Waals surface area contributed by atoms with Crippen molar-refractivity contribution >= 4 is 0 Å². The molecule has 0 aromatic rings. The summed E-state index contributed by atoms with van der Waals surface area (Å²) >= 11 is 0.